The largest absolute Gasteiger partial charge is 0.491 e. The highest BCUT2D eigenvalue weighted by Gasteiger charge is 2.06. The predicted octanol–water partition coefficient (Wildman–Crippen LogP) is 2.00. The van der Waals surface area contributed by atoms with Crippen LogP contribution in [0.15, 0.2) is 30.5 Å². The van der Waals surface area contributed by atoms with Crippen molar-refractivity contribution in [3.8, 4) is 5.75 Å². The SMILES string of the molecule is Cc1ccc(OCC(C)Nc2cnnn2C)cc1. The molecule has 0 amide bonds. The average molecular weight is 246 g/mol. The standard InChI is InChI=1S/C13H18N4O/c1-10-4-6-12(7-5-10)18-9-11(2)15-13-8-14-16-17(13)3/h4-8,11,15H,9H2,1-3H3. The molecule has 2 aromatic rings. The third-order valence-corrected chi connectivity index (χ3v) is 2.63. The lowest BCUT2D eigenvalue weighted by atomic mass is 10.2. The summed E-state index contributed by atoms with van der Waals surface area (Å²) in [7, 11) is 1.85. The Bertz CT molecular complexity index is 492. The van der Waals surface area contributed by atoms with Crippen LogP contribution in [-0.2, 0) is 7.05 Å². The van der Waals surface area contributed by atoms with Gasteiger partial charge in [-0.25, -0.2) is 4.68 Å². The molecule has 0 saturated carbocycles. The van der Waals surface area contributed by atoms with Crippen LogP contribution in [0.5, 0.6) is 5.75 Å². The van der Waals surface area contributed by atoms with Gasteiger partial charge in [-0.2, -0.15) is 0 Å². The zero-order chi connectivity index (χ0) is 13.0. The minimum atomic E-state index is 0.184. The second kappa shape index (κ2) is 5.53. The normalized spacial score (nSPS) is 12.2. The Morgan fingerprint density at radius 3 is 2.67 bits per heavy atom. The van der Waals surface area contributed by atoms with E-state index in [-0.39, 0.29) is 6.04 Å². The van der Waals surface area contributed by atoms with Crippen molar-refractivity contribution < 1.29 is 4.74 Å². The minimum absolute atomic E-state index is 0.184. The van der Waals surface area contributed by atoms with Crippen LogP contribution in [0.25, 0.3) is 0 Å². The lowest BCUT2D eigenvalue weighted by molar-refractivity contribution is 0.303. The van der Waals surface area contributed by atoms with Crippen LogP contribution >= 0.6 is 0 Å². The van der Waals surface area contributed by atoms with Crippen molar-refractivity contribution in [1.82, 2.24) is 15.0 Å². The quantitative estimate of drug-likeness (QED) is 0.876. The van der Waals surface area contributed by atoms with Crippen molar-refractivity contribution in [1.29, 1.82) is 0 Å². The summed E-state index contributed by atoms with van der Waals surface area (Å²) in [6.45, 7) is 4.71. The van der Waals surface area contributed by atoms with Crippen LogP contribution in [0, 0.1) is 6.92 Å². The van der Waals surface area contributed by atoms with Crippen LogP contribution in [0.2, 0.25) is 0 Å². The molecule has 0 aliphatic carbocycles. The van der Waals surface area contributed by atoms with E-state index in [2.05, 4.69) is 29.5 Å². The fourth-order valence-corrected chi connectivity index (χ4v) is 1.57. The lowest BCUT2D eigenvalue weighted by Crippen LogP contribution is -2.24. The van der Waals surface area contributed by atoms with E-state index in [0.717, 1.165) is 11.6 Å². The second-order valence-corrected chi connectivity index (χ2v) is 4.41. The van der Waals surface area contributed by atoms with Gasteiger partial charge in [0.1, 0.15) is 18.2 Å². The summed E-state index contributed by atoms with van der Waals surface area (Å²) < 4.78 is 7.40. The number of ether oxygens (including phenoxy) is 1. The Balaban J connectivity index is 1.83. The van der Waals surface area contributed by atoms with E-state index in [4.69, 9.17) is 4.74 Å². The summed E-state index contributed by atoms with van der Waals surface area (Å²) in [6.07, 6.45) is 1.70. The molecular weight excluding hydrogens is 228 g/mol. The molecule has 0 fully saturated rings. The smallest absolute Gasteiger partial charge is 0.144 e. The first-order chi connectivity index (χ1) is 8.65. The number of hydrogen-bond acceptors (Lipinski definition) is 4. The highest BCUT2D eigenvalue weighted by Crippen LogP contribution is 2.12. The lowest BCUT2D eigenvalue weighted by Gasteiger charge is -2.15. The van der Waals surface area contributed by atoms with Crippen LogP contribution < -0.4 is 10.1 Å². The van der Waals surface area contributed by atoms with Gasteiger partial charge in [0.15, 0.2) is 0 Å². The molecule has 0 radical (unpaired) electrons. The van der Waals surface area contributed by atoms with Crippen LogP contribution in [-0.4, -0.2) is 27.6 Å². The Labute approximate surface area is 107 Å². The molecule has 5 heteroatoms. The Morgan fingerprint density at radius 1 is 1.33 bits per heavy atom. The summed E-state index contributed by atoms with van der Waals surface area (Å²) in [5.74, 6) is 1.77. The summed E-state index contributed by atoms with van der Waals surface area (Å²) >= 11 is 0. The van der Waals surface area contributed by atoms with E-state index in [1.54, 1.807) is 10.9 Å². The van der Waals surface area contributed by atoms with Gasteiger partial charge in [0.25, 0.3) is 0 Å². The number of rotatable bonds is 5. The van der Waals surface area contributed by atoms with Gasteiger partial charge in [-0.1, -0.05) is 22.9 Å². The van der Waals surface area contributed by atoms with Crippen molar-refractivity contribution in [2.24, 2.45) is 7.05 Å². The number of nitrogens with one attached hydrogen (secondary N) is 1. The molecule has 18 heavy (non-hydrogen) atoms. The van der Waals surface area contributed by atoms with E-state index < -0.39 is 0 Å². The molecule has 0 saturated heterocycles. The maximum atomic E-state index is 5.70. The molecule has 1 atom stereocenters. The Kier molecular flexibility index (Phi) is 3.82. The fourth-order valence-electron chi connectivity index (χ4n) is 1.57. The Hall–Kier alpha value is -2.04. The van der Waals surface area contributed by atoms with Crippen molar-refractivity contribution >= 4 is 5.82 Å². The number of nitrogens with zero attached hydrogens (tertiary/aromatic N) is 3. The van der Waals surface area contributed by atoms with Gasteiger partial charge in [-0.05, 0) is 26.0 Å². The molecule has 1 aromatic carbocycles. The van der Waals surface area contributed by atoms with Crippen LogP contribution in [0.4, 0.5) is 5.82 Å². The molecular formula is C13H18N4O. The molecule has 0 bridgehead atoms. The van der Waals surface area contributed by atoms with Gasteiger partial charge in [0.2, 0.25) is 0 Å². The van der Waals surface area contributed by atoms with Crippen molar-refractivity contribution in [2.75, 3.05) is 11.9 Å². The molecule has 0 spiro atoms. The van der Waals surface area contributed by atoms with Gasteiger partial charge >= 0.3 is 0 Å². The number of aromatic nitrogens is 3. The van der Waals surface area contributed by atoms with Gasteiger partial charge in [0, 0.05) is 7.05 Å². The molecule has 0 aliphatic heterocycles. The number of benzene rings is 1. The molecule has 5 nitrogen and oxygen atoms in total. The molecule has 1 unspecified atom stereocenters. The molecule has 2 rings (SSSR count). The third-order valence-electron chi connectivity index (χ3n) is 2.63. The monoisotopic (exact) mass is 246 g/mol. The molecule has 0 aliphatic rings. The van der Waals surface area contributed by atoms with Crippen LogP contribution in [0.1, 0.15) is 12.5 Å². The number of aryl methyl sites for hydroxylation is 2. The predicted molar refractivity (Wildman–Crippen MR) is 70.8 cm³/mol. The summed E-state index contributed by atoms with van der Waals surface area (Å²) in [5, 5.41) is 11.0. The van der Waals surface area contributed by atoms with E-state index >= 15 is 0 Å². The highest BCUT2D eigenvalue weighted by molar-refractivity contribution is 5.32. The van der Waals surface area contributed by atoms with Gasteiger partial charge in [-0.3, -0.25) is 0 Å². The average Bonchev–Trinajstić information content (AvgIpc) is 2.74. The van der Waals surface area contributed by atoms with Crippen molar-refractivity contribution in [3.05, 3.63) is 36.0 Å². The molecule has 96 valence electrons. The van der Waals surface area contributed by atoms with Gasteiger partial charge in [0.05, 0.1) is 12.2 Å². The van der Waals surface area contributed by atoms with Gasteiger partial charge < -0.3 is 10.1 Å². The minimum Gasteiger partial charge on any atom is -0.491 e. The fraction of sp³-hybridized carbons (Fsp3) is 0.385. The summed E-state index contributed by atoms with van der Waals surface area (Å²) in [5.41, 5.74) is 1.23. The zero-order valence-electron chi connectivity index (χ0n) is 10.9. The van der Waals surface area contributed by atoms with Crippen molar-refractivity contribution in [3.63, 3.8) is 0 Å². The zero-order valence-corrected chi connectivity index (χ0v) is 10.9. The maximum absolute atomic E-state index is 5.70. The topological polar surface area (TPSA) is 52.0 Å². The van der Waals surface area contributed by atoms with E-state index in [0.29, 0.717) is 6.61 Å². The third kappa shape index (κ3) is 3.23. The van der Waals surface area contributed by atoms with E-state index in [9.17, 15) is 0 Å². The number of hydrogen-bond donors (Lipinski definition) is 1. The molecule has 1 aromatic heterocycles. The summed E-state index contributed by atoms with van der Waals surface area (Å²) in [6, 6.07) is 8.22. The highest BCUT2D eigenvalue weighted by atomic mass is 16.5. The molecule has 1 heterocycles. The van der Waals surface area contributed by atoms with E-state index in [1.807, 2.05) is 31.3 Å². The second-order valence-electron chi connectivity index (χ2n) is 4.41. The molecule has 1 N–H and O–H groups in total. The Morgan fingerprint density at radius 2 is 2.06 bits per heavy atom. The maximum Gasteiger partial charge on any atom is 0.144 e. The van der Waals surface area contributed by atoms with Crippen molar-refractivity contribution in [2.45, 2.75) is 19.9 Å². The number of anilines is 1. The van der Waals surface area contributed by atoms with Gasteiger partial charge in [-0.15, -0.1) is 5.10 Å². The first kappa shape index (κ1) is 12.4. The van der Waals surface area contributed by atoms with E-state index in [1.165, 1.54) is 5.56 Å². The first-order valence-electron chi connectivity index (χ1n) is 5.96. The summed E-state index contributed by atoms with van der Waals surface area (Å²) in [4.78, 5) is 0. The first-order valence-corrected chi connectivity index (χ1v) is 5.96. The van der Waals surface area contributed by atoms with Crippen LogP contribution in [0.3, 0.4) is 0 Å².